The van der Waals surface area contributed by atoms with Crippen LogP contribution in [-0.2, 0) is 4.79 Å². The van der Waals surface area contributed by atoms with Crippen molar-refractivity contribution < 1.29 is 25.2 Å². The van der Waals surface area contributed by atoms with Gasteiger partial charge in [-0.3, -0.25) is 4.79 Å². The second-order valence-electron chi connectivity index (χ2n) is 5.55. The lowest BCUT2D eigenvalue weighted by Crippen LogP contribution is -2.62. The fourth-order valence-corrected chi connectivity index (χ4v) is 2.48. The Kier molecular flexibility index (Phi) is 9.22. The van der Waals surface area contributed by atoms with Gasteiger partial charge in [0.15, 0.2) is 11.4 Å². The van der Waals surface area contributed by atoms with Gasteiger partial charge in [0, 0.05) is 0 Å². The highest BCUT2D eigenvalue weighted by Gasteiger charge is 2.52. The molecule has 0 aliphatic rings. The third-order valence-corrected chi connectivity index (χ3v) is 3.97. The second kappa shape index (κ2) is 9.45. The van der Waals surface area contributed by atoms with Gasteiger partial charge in [0.2, 0.25) is 0 Å². The molecule has 2 unspecified atom stereocenters. The second-order valence-corrected chi connectivity index (χ2v) is 5.55. The number of ketones is 1. The lowest BCUT2D eigenvalue weighted by Gasteiger charge is -2.41. The van der Waals surface area contributed by atoms with Crippen LogP contribution in [0.1, 0.15) is 65.2 Å². The molecular formula is C15H30O5. The van der Waals surface area contributed by atoms with Crippen molar-refractivity contribution in [2.75, 3.05) is 13.2 Å². The molecule has 0 saturated heterocycles. The van der Waals surface area contributed by atoms with Crippen LogP contribution in [0.25, 0.3) is 0 Å². The summed E-state index contributed by atoms with van der Waals surface area (Å²) in [6, 6.07) is 0. The van der Waals surface area contributed by atoms with Gasteiger partial charge in [-0.1, -0.05) is 52.4 Å². The van der Waals surface area contributed by atoms with Crippen LogP contribution in [0.3, 0.4) is 0 Å². The quantitative estimate of drug-likeness (QED) is 0.404. The van der Waals surface area contributed by atoms with E-state index in [9.17, 15) is 20.1 Å². The van der Waals surface area contributed by atoms with Crippen LogP contribution in [0, 0.1) is 0 Å². The number of hydrogen-bond donors (Lipinski definition) is 4. The summed E-state index contributed by atoms with van der Waals surface area (Å²) in [5.74, 6) is -0.818. The molecular weight excluding hydrogens is 260 g/mol. The molecule has 0 fully saturated rings. The van der Waals surface area contributed by atoms with E-state index in [4.69, 9.17) is 5.11 Å². The summed E-state index contributed by atoms with van der Waals surface area (Å²) in [5.41, 5.74) is -3.95. The molecule has 0 aromatic rings. The molecule has 20 heavy (non-hydrogen) atoms. The monoisotopic (exact) mass is 290 g/mol. The molecule has 0 radical (unpaired) electrons. The molecule has 0 heterocycles. The van der Waals surface area contributed by atoms with Crippen LogP contribution in [0.4, 0.5) is 0 Å². The average Bonchev–Trinajstić information content (AvgIpc) is 2.46. The van der Waals surface area contributed by atoms with E-state index in [0.29, 0.717) is 12.8 Å². The molecule has 0 spiro atoms. The zero-order valence-electron chi connectivity index (χ0n) is 12.8. The van der Waals surface area contributed by atoms with Crippen molar-refractivity contribution in [3.05, 3.63) is 0 Å². The van der Waals surface area contributed by atoms with E-state index in [-0.39, 0.29) is 12.8 Å². The van der Waals surface area contributed by atoms with Gasteiger partial charge in [-0.2, -0.15) is 0 Å². The molecule has 120 valence electrons. The van der Waals surface area contributed by atoms with Crippen molar-refractivity contribution >= 4 is 5.78 Å². The van der Waals surface area contributed by atoms with E-state index in [1.807, 2.05) is 13.8 Å². The van der Waals surface area contributed by atoms with Gasteiger partial charge in [0.25, 0.3) is 0 Å². The van der Waals surface area contributed by atoms with Crippen LogP contribution in [-0.4, -0.2) is 50.6 Å². The van der Waals surface area contributed by atoms with Crippen LogP contribution in [0.5, 0.6) is 0 Å². The Morgan fingerprint density at radius 3 is 1.80 bits per heavy atom. The van der Waals surface area contributed by atoms with Crippen molar-refractivity contribution in [3.63, 3.8) is 0 Å². The minimum Gasteiger partial charge on any atom is -0.393 e. The Bertz CT molecular complexity index is 281. The van der Waals surface area contributed by atoms with Gasteiger partial charge in [0.1, 0.15) is 12.2 Å². The van der Waals surface area contributed by atoms with E-state index in [1.54, 1.807) is 0 Å². The predicted octanol–water partition coefficient (Wildman–Crippen LogP) is 1.16. The molecule has 0 aromatic heterocycles. The highest BCUT2D eigenvalue weighted by atomic mass is 16.4. The predicted molar refractivity (Wildman–Crippen MR) is 77.4 cm³/mol. The Morgan fingerprint density at radius 2 is 1.40 bits per heavy atom. The molecule has 0 aromatic carbocycles. The van der Waals surface area contributed by atoms with E-state index in [0.717, 1.165) is 25.7 Å². The third-order valence-electron chi connectivity index (χ3n) is 3.97. The smallest absolute Gasteiger partial charge is 0.192 e. The first-order valence-corrected chi connectivity index (χ1v) is 7.61. The summed E-state index contributed by atoms with van der Waals surface area (Å²) in [7, 11) is 0. The van der Waals surface area contributed by atoms with Crippen molar-refractivity contribution in [2.45, 2.75) is 76.4 Å². The maximum absolute atomic E-state index is 11.9. The van der Waals surface area contributed by atoms with E-state index in [1.165, 1.54) is 0 Å². The van der Waals surface area contributed by atoms with Gasteiger partial charge in [0.05, 0.1) is 6.61 Å². The largest absolute Gasteiger partial charge is 0.393 e. The topological polar surface area (TPSA) is 98.0 Å². The minimum absolute atomic E-state index is 0.0589. The van der Waals surface area contributed by atoms with Gasteiger partial charge in [-0.05, 0) is 12.8 Å². The number of rotatable bonds is 12. The minimum atomic E-state index is -2.07. The summed E-state index contributed by atoms with van der Waals surface area (Å²) in [6.07, 6.45) is 4.89. The Morgan fingerprint density at radius 1 is 0.900 bits per heavy atom. The first-order valence-electron chi connectivity index (χ1n) is 7.61. The Balaban J connectivity index is 5.06. The highest BCUT2D eigenvalue weighted by Crippen LogP contribution is 2.33. The molecule has 5 nitrogen and oxygen atoms in total. The zero-order chi connectivity index (χ0) is 15.6. The molecule has 2 atom stereocenters. The van der Waals surface area contributed by atoms with E-state index < -0.39 is 30.2 Å². The maximum Gasteiger partial charge on any atom is 0.192 e. The molecule has 0 saturated carbocycles. The van der Waals surface area contributed by atoms with E-state index >= 15 is 0 Å². The van der Waals surface area contributed by atoms with Crippen LogP contribution in [0.15, 0.2) is 0 Å². The average molecular weight is 290 g/mol. The number of carbonyl (C=O) groups excluding carboxylic acids is 1. The van der Waals surface area contributed by atoms with Crippen molar-refractivity contribution in [2.24, 2.45) is 0 Å². The summed E-state index contributed by atoms with van der Waals surface area (Å²) in [5, 5.41) is 39.7. The molecule has 0 aliphatic carbocycles. The number of aliphatic hydroxyl groups excluding tert-OH is 2. The van der Waals surface area contributed by atoms with Crippen molar-refractivity contribution in [1.82, 2.24) is 0 Å². The Hall–Kier alpha value is -0.490. The highest BCUT2D eigenvalue weighted by molar-refractivity contribution is 5.89. The number of unbranched alkanes of at least 4 members (excludes halogenated alkanes) is 4. The number of aliphatic hydroxyl groups is 4. The summed E-state index contributed by atoms with van der Waals surface area (Å²) < 4.78 is 0. The van der Waals surface area contributed by atoms with Crippen molar-refractivity contribution in [1.29, 1.82) is 0 Å². The van der Waals surface area contributed by atoms with Gasteiger partial charge in [-0.25, -0.2) is 0 Å². The van der Waals surface area contributed by atoms with Crippen LogP contribution >= 0.6 is 0 Å². The van der Waals surface area contributed by atoms with Crippen molar-refractivity contribution in [3.8, 4) is 0 Å². The maximum atomic E-state index is 11.9. The lowest BCUT2D eigenvalue weighted by atomic mass is 9.73. The Labute approximate surface area is 121 Å². The number of hydrogen-bond acceptors (Lipinski definition) is 5. The molecule has 0 aliphatic heterocycles. The summed E-state index contributed by atoms with van der Waals surface area (Å²) in [6.45, 7) is 2.47. The van der Waals surface area contributed by atoms with Crippen LogP contribution in [0.2, 0.25) is 0 Å². The molecule has 0 bridgehead atoms. The normalized spacial score (nSPS) is 17.5. The van der Waals surface area contributed by atoms with Crippen LogP contribution < -0.4 is 0 Å². The number of carbonyl (C=O) groups is 1. The third kappa shape index (κ3) is 4.81. The van der Waals surface area contributed by atoms with Gasteiger partial charge in [-0.15, -0.1) is 0 Å². The zero-order valence-corrected chi connectivity index (χ0v) is 12.8. The molecule has 4 N–H and O–H groups in total. The fraction of sp³-hybridized carbons (Fsp3) is 0.933. The first-order chi connectivity index (χ1) is 9.41. The summed E-state index contributed by atoms with van der Waals surface area (Å²) >= 11 is 0. The fourth-order valence-electron chi connectivity index (χ4n) is 2.48. The summed E-state index contributed by atoms with van der Waals surface area (Å²) in [4.78, 5) is 11.9. The van der Waals surface area contributed by atoms with E-state index in [2.05, 4.69) is 0 Å². The molecule has 0 rings (SSSR count). The van der Waals surface area contributed by atoms with Gasteiger partial charge < -0.3 is 20.4 Å². The first kappa shape index (κ1) is 19.5. The molecule has 5 heteroatoms. The lowest BCUT2D eigenvalue weighted by molar-refractivity contribution is -0.191. The standard InChI is InChI=1S/C15H30O5/c1-3-5-7-9-14(19,12-17)15(20,13(18)11-16)10-8-6-4-2/h16-17,19-20H,3-12H2,1-2H3. The number of Topliss-reactive ketones (excluding diaryl/α,β-unsaturated/α-hetero) is 1. The van der Waals surface area contributed by atoms with Gasteiger partial charge >= 0.3 is 0 Å². The molecule has 0 amide bonds. The SMILES string of the molecule is CCCCCC(O)(CO)C(O)(CCCCC)C(=O)CO.